The Hall–Kier alpha value is -5.76. The fraction of sp³-hybridized carbons (Fsp3) is 0.238. The Balaban J connectivity index is 1.84. The molecule has 8 bridgehead atoms. The number of hydrogen-bond acceptors (Lipinski definition) is 6. The van der Waals surface area contributed by atoms with Gasteiger partial charge in [-0.3, -0.25) is 9.59 Å². The molecule has 0 aliphatic carbocycles. The minimum Gasteiger partial charge on any atom is -0.469 e. The van der Waals surface area contributed by atoms with E-state index >= 15 is 0 Å². The average Bonchev–Trinajstić information content (AvgIpc) is 3.79. The molecule has 50 heavy (non-hydrogen) atoms. The second kappa shape index (κ2) is 14.0. The van der Waals surface area contributed by atoms with Crippen LogP contribution in [0.5, 0.6) is 0 Å². The Morgan fingerprint density at radius 1 is 0.680 bits per heavy atom. The second-order valence-electron chi connectivity index (χ2n) is 12.6. The van der Waals surface area contributed by atoms with Crippen molar-refractivity contribution in [3.63, 3.8) is 0 Å². The van der Waals surface area contributed by atoms with E-state index in [-0.39, 0.29) is 24.8 Å². The van der Waals surface area contributed by atoms with Gasteiger partial charge < -0.3 is 19.4 Å². The smallest absolute Gasteiger partial charge is 0.305 e. The first kappa shape index (κ1) is 34.1. The molecule has 4 aromatic rings. The van der Waals surface area contributed by atoms with Crippen LogP contribution in [0.2, 0.25) is 0 Å². The summed E-state index contributed by atoms with van der Waals surface area (Å²) in [6.07, 6.45) is 4.97. The number of aryl methyl sites for hydroxylation is 2. The lowest BCUT2D eigenvalue weighted by Gasteiger charge is -2.13. The van der Waals surface area contributed by atoms with Gasteiger partial charge in [0.1, 0.15) is 0 Å². The number of nitrogens with one attached hydrogen (secondary N) is 2. The van der Waals surface area contributed by atoms with Crippen LogP contribution in [0.15, 0.2) is 61.7 Å². The molecule has 3 aromatic heterocycles. The lowest BCUT2D eigenvalue weighted by molar-refractivity contribution is -0.141. The van der Waals surface area contributed by atoms with Crippen LogP contribution in [-0.4, -0.2) is 46.1 Å². The van der Waals surface area contributed by atoms with Gasteiger partial charge in [-0.1, -0.05) is 55.6 Å². The molecule has 0 radical (unpaired) electrons. The van der Waals surface area contributed by atoms with Crippen molar-refractivity contribution in [2.75, 3.05) is 14.2 Å². The van der Waals surface area contributed by atoms with Gasteiger partial charge in [-0.2, -0.15) is 0 Å². The summed E-state index contributed by atoms with van der Waals surface area (Å²) in [5, 5.41) is 0. The van der Waals surface area contributed by atoms with Gasteiger partial charge in [0.2, 0.25) is 0 Å². The molecule has 0 saturated heterocycles. The lowest BCUT2D eigenvalue weighted by Crippen LogP contribution is -2.02. The molecule has 0 fully saturated rings. The van der Waals surface area contributed by atoms with Crippen LogP contribution in [0.4, 0.5) is 0 Å². The van der Waals surface area contributed by atoms with E-state index in [1.165, 1.54) is 14.2 Å². The Morgan fingerprint density at radius 2 is 1.12 bits per heavy atom. The predicted molar refractivity (Wildman–Crippen MR) is 204 cm³/mol. The SMILES string of the molecule is C=Cc1c(C)c2cc3[nH]c(cc4nc(c(-c5ccccc5)c5nc(cc1[nH]2)C(C)=C5CCC(=O)OC)C(CCC(=O)OC)=C4C)c(C)c3C=C. The van der Waals surface area contributed by atoms with Crippen molar-refractivity contribution in [1.82, 2.24) is 19.9 Å². The van der Waals surface area contributed by atoms with Crippen molar-refractivity contribution in [3.05, 3.63) is 107 Å². The maximum Gasteiger partial charge on any atom is 0.305 e. The maximum absolute atomic E-state index is 12.5. The number of methoxy groups -OCH3 is 2. The molecular weight excluding hydrogens is 624 g/mol. The number of fused-ring (bicyclic) bond motifs is 8. The van der Waals surface area contributed by atoms with E-state index in [1.807, 2.05) is 56.3 Å². The molecule has 2 N–H and O–H groups in total. The van der Waals surface area contributed by atoms with E-state index in [4.69, 9.17) is 19.4 Å². The van der Waals surface area contributed by atoms with Gasteiger partial charge in [0.25, 0.3) is 0 Å². The van der Waals surface area contributed by atoms with Crippen molar-refractivity contribution in [2.24, 2.45) is 0 Å². The summed E-state index contributed by atoms with van der Waals surface area (Å²) in [6, 6.07) is 16.3. The summed E-state index contributed by atoms with van der Waals surface area (Å²) >= 11 is 0. The molecule has 5 heterocycles. The van der Waals surface area contributed by atoms with Gasteiger partial charge in [-0.05, 0) is 97.7 Å². The summed E-state index contributed by atoms with van der Waals surface area (Å²) in [7, 11) is 2.81. The number of hydrogen-bond donors (Lipinski definition) is 2. The summed E-state index contributed by atoms with van der Waals surface area (Å²) < 4.78 is 10.1. The Labute approximate surface area is 292 Å². The third kappa shape index (κ3) is 6.13. The van der Waals surface area contributed by atoms with Crippen LogP contribution in [0, 0.1) is 13.8 Å². The number of aromatic amines is 2. The van der Waals surface area contributed by atoms with Gasteiger partial charge in [0.15, 0.2) is 0 Å². The van der Waals surface area contributed by atoms with Crippen LogP contribution in [0.25, 0.3) is 67.6 Å². The monoisotopic (exact) mass is 666 g/mol. The molecule has 2 aliphatic heterocycles. The maximum atomic E-state index is 12.5. The second-order valence-corrected chi connectivity index (χ2v) is 12.6. The molecule has 0 spiro atoms. The first-order valence-corrected chi connectivity index (χ1v) is 16.7. The van der Waals surface area contributed by atoms with Crippen LogP contribution in [0.3, 0.4) is 0 Å². The minimum atomic E-state index is -0.298. The number of esters is 2. The van der Waals surface area contributed by atoms with Crippen LogP contribution >= 0.6 is 0 Å². The van der Waals surface area contributed by atoms with Crippen molar-refractivity contribution >= 4 is 68.4 Å². The standard InChI is InChI=1S/C42H42N4O4/c1-9-28-23(3)32-20-34-25(5)30(16-18-38(47)49-7)41(45-34)40(27-14-12-11-13-15-27)42-31(17-19-39(48)50-8)26(6)35(46-42)22-37-29(10-2)24(4)33(44-37)21-36(28)43-32/h9-15,20-22,43-44H,1-2,16-19H2,3-8H3. The lowest BCUT2D eigenvalue weighted by atomic mass is 9.90. The largest absolute Gasteiger partial charge is 0.469 e. The Kier molecular flexibility index (Phi) is 9.55. The normalized spacial score (nSPS) is 12.7. The Morgan fingerprint density at radius 3 is 1.58 bits per heavy atom. The minimum absolute atomic E-state index is 0.192. The van der Waals surface area contributed by atoms with E-state index in [0.717, 1.165) is 101 Å². The third-order valence-corrected chi connectivity index (χ3v) is 9.85. The van der Waals surface area contributed by atoms with Gasteiger partial charge in [-0.25, -0.2) is 9.97 Å². The van der Waals surface area contributed by atoms with E-state index in [0.29, 0.717) is 12.8 Å². The molecule has 8 nitrogen and oxygen atoms in total. The van der Waals surface area contributed by atoms with Crippen molar-refractivity contribution in [2.45, 2.75) is 53.4 Å². The highest BCUT2D eigenvalue weighted by Gasteiger charge is 2.28. The third-order valence-electron chi connectivity index (χ3n) is 9.85. The number of carbonyl (C=O) groups is 2. The van der Waals surface area contributed by atoms with Crippen LogP contribution in [-0.2, 0) is 19.1 Å². The number of allylic oxidation sites excluding steroid dienone is 4. The van der Waals surface area contributed by atoms with Crippen LogP contribution in [0.1, 0.15) is 84.6 Å². The first-order chi connectivity index (χ1) is 24.1. The molecule has 2 aliphatic rings. The number of aromatic nitrogens is 4. The fourth-order valence-electron chi connectivity index (χ4n) is 6.93. The topological polar surface area (TPSA) is 110 Å². The van der Waals surface area contributed by atoms with Crippen molar-refractivity contribution in [1.29, 1.82) is 0 Å². The Bertz CT molecular complexity index is 2300. The molecule has 0 saturated carbocycles. The summed E-state index contributed by atoms with van der Waals surface area (Å²) in [6.45, 7) is 16.5. The first-order valence-electron chi connectivity index (χ1n) is 16.7. The number of H-pyrrole nitrogens is 2. The molecule has 0 unspecified atom stereocenters. The number of ether oxygens (including phenoxy) is 2. The van der Waals surface area contributed by atoms with Crippen LogP contribution < -0.4 is 0 Å². The molecule has 6 rings (SSSR count). The number of nitrogens with zero attached hydrogens (tertiary/aromatic N) is 2. The van der Waals surface area contributed by atoms with Gasteiger partial charge in [0, 0.05) is 51.6 Å². The summed E-state index contributed by atoms with van der Waals surface area (Å²) in [4.78, 5) is 42.9. The van der Waals surface area contributed by atoms with Gasteiger partial charge in [0.05, 0.1) is 37.0 Å². The summed E-state index contributed by atoms with van der Waals surface area (Å²) in [5.41, 5.74) is 16.3. The van der Waals surface area contributed by atoms with Gasteiger partial charge >= 0.3 is 11.9 Å². The quantitative estimate of drug-likeness (QED) is 0.172. The van der Waals surface area contributed by atoms with Crippen molar-refractivity contribution < 1.29 is 19.1 Å². The van der Waals surface area contributed by atoms with E-state index in [9.17, 15) is 9.59 Å². The zero-order valence-electron chi connectivity index (χ0n) is 29.5. The fourth-order valence-corrected chi connectivity index (χ4v) is 6.93. The number of carbonyl (C=O) groups excluding carboxylic acids is 2. The highest BCUT2D eigenvalue weighted by molar-refractivity contribution is 6.03. The molecule has 1 aromatic carbocycles. The predicted octanol–water partition coefficient (Wildman–Crippen LogP) is 9.65. The summed E-state index contributed by atoms with van der Waals surface area (Å²) in [5.74, 6) is -0.595. The van der Waals surface area contributed by atoms with Crippen molar-refractivity contribution in [3.8, 4) is 11.1 Å². The molecule has 254 valence electrons. The van der Waals surface area contributed by atoms with Gasteiger partial charge in [-0.15, -0.1) is 0 Å². The molecule has 0 amide bonds. The zero-order chi connectivity index (χ0) is 35.7. The van der Waals surface area contributed by atoms with E-state index in [1.54, 1.807) is 0 Å². The number of rotatable bonds is 9. The molecular formula is C42H42N4O4. The molecule has 8 heteroatoms. The average molecular weight is 667 g/mol. The highest BCUT2D eigenvalue weighted by Crippen LogP contribution is 2.44. The van der Waals surface area contributed by atoms with E-state index < -0.39 is 0 Å². The zero-order valence-corrected chi connectivity index (χ0v) is 29.5. The highest BCUT2D eigenvalue weighted by atomic mass is 16.5. The molecule has 0 atom stereocenters. The number of benzene rings is 1. The van der Waals surface area contributed by atoms with E-state index in [2.05, 4.69) is 55.2 Å².